The Morgan fingerprint density at radius 3 is 2.90 bits per heavy atom. The van der Waals surface area contributed by atoms with Gasteiger partial charge in [-0.25, -0.2) is 4.68 Å². The van der Waals surface area contributed by atoms with Gasteiger partial charge in [0.2, 0.25) is 0 Å². The van der Waals surface area contributed by atoms with E-state index in [1.54, 1.807) is 7.11 Å². The van der Waals surface area contributed by atoms with Gasteiger partial charge in [-0.1, -0.05) is 30.3 Å². The molecule has 0 aliphatic carbocycles. The number of para-hydroxylation sites is 1. The number of nitrogens with zero attached hydrogens (tertiary/aromatic N) is 2. The summed E-state index contributed by atoms with van der Waals surface area (Å²) in [4.78, 5) is 0. The zero-order valence-corrected chi connectivity index (χ0v) is 11.9. The summed E-state index contributed by atoms with van der Waals surface area (Å²) in [6.07, 6.45) is 1.81. The Bertz CT molecular complexity index is 804. The van der Waals surface area contributed by atoms with Crippen LogP contribution >= 0.6 is 0 Å². The Balaban J connectivity index is 1.65. The van der Waals surface area contributed by atoms with Crippen LogP contribution in [-0.4, -0.2) is 16.9 Å². The van der Waals surface area contributed by atoms with Gasteiger partial charge < -0.3 is 4.74 Å². The van der Waals surface area contributed by atoms with Crippen molar-refractivity contribution in [1.82, 2.24) is 9.78 Å². The summed E-state index contributed by atoms with van der Waals surface area (Å²) in [6, 6.07) is 18.8. The van der Waals surface area contributed by atoms with E-state index < -0.39 is 0 Å². The molecule has 0 fully saturated rings. The fourth-order valence-corrected chi connectivity index (χ4v) is 2.95. The number of rotatable bonds is 3. The standard InChI is InChI=1S/C18H16N2O/c1-21-17-7-4-5-13(10-17)9-15-12-16-11-14-6-2-3-8-18(14)20(16)19-15/h2-8,10,12H,9,11H2,1H3. The van der Waals surface area contributed by atoms with Crippen molar-refractivity contribution in [3.63, 3.8) is 0 Å². The van der Waals surface area contributed by atoms with Gasteiger partial charge in [0.1, 0.15) is 5.75 Å². The van der Waals surface area contributed by atoms with Crippen LogP contribution in [-0.2, 0) is 12.8 Å². The second kappa shape index (κ2) is 4.77. The highest BCUT2D eigenvalue weighted by Gasteiger charge is 2.19. The predicted molar refractivity (Wildman–Crippen MR) is 82.2 cm³/mol. The smallest absolute Gasteiger partial charge is 0.119 e. The zero-order chi connectivity index (χ0) is 14.2. The van der Waals surface area contributed by atoms with E-state index in [1.165, 1.54) is 22.5 Å². The average molecular weight is 276 g/mol. The monoisotopic (exact) mass is 276 g/mol. The van der Waals surface area contributed by atoms with E-state index in [0.29, 0.717) is 0 Å². The van der Waals surface area contributed by atoms with Crippen molar-refractivity contribution >= 4 is 0 Å². The number of hydrogen-bond acceptors (Lipinski definition) is 2. The van der Waals surface area contributed by atoms with Crippen LogP contribution in [0.3, 0.4) is 0 Å². The maximum atomic E-state index is 5.27. The highest BCUT2D eigenvalue weighted by atomic mass is 16.5. The first-order valence-corrected chi connectivity index (χ1v) is 7.12. The lowest BCUT2D eigenvalue weighted by molar-refractivity contribution is 0.414. The third kappa shape index (κ3) is 2.11. The third-order valence-corrected chi connectivity index (χ3v) is 3.94. The van der Waals surface area contributed by atoms with Gasteiger partial charge in [0.25, 0.3) is 0 Å². The number of ether oxygens (including phenoxy) is 1. The molecule has 1 aromatic heterocycles. The largest absolute Gasteiger partial charge is 0.497 e. The topological polar surface area (TPSA) is 27.1 Å². The minimum absolute atomic E-state index is 0.833. The Morgan fingerprint density at radius 2 is 2.00 bits per heavy atom. The molecule has 0 saturated heterocycles. The lowest BCUT2D eigenvalue weighted by Gasteiger charge is -2.03. The molecule has 0 atom stereocenters. The highest BCUT2D eigenvalue weighted by molar-refractivity contribution is 5.49. The van der Waals surface area contributed by atoms with Crippen molar-refractivity contribution in [2.24, 2.45) is 0 Å². The van der Waals surface area contributed by atoms with Crippen LogP contribution < -0.4 is 4.74 Å². The van der Waals surface area contributed by atoms with Crippen molar-refractivity contribution < 1.29 is 4.74 Å². The molecule has 0 saturated carbocycles. The molecule has 2 aromatic carbocycles. The molecule has 1 aliphatic heterocycles. The molecule has 3 heteroatoms. The lowest BCUT2D eigenvalue weighted by Crippen LogP contribution is -1.96. The maximum Gasteiger partial charge on any atom is 0.119 e. The summed E-state index contributed by atoms with van der Waals surface area (Å²) in [6.45, 7) is 0. The molecule has 0 N–H and O–H groups in total. The normalized spacial score (nSPS) is 12.0. The summed E-state index contributed by atoms with van der Waals surface area (Å²) in [5, 5.41) is 4.76. The molecule has 104 valence electrons. The SMILES string of the molecule is COc1cccc(Cc2cc3n(n2)-c2ccccc2C3)c1. The number of aromatic nitrogens is 2. The molecule has 0 amide bonds. The molecule has 1 aliphatic rings. The minimum atomic E-state index is 0.833. The van der Waals surface area contributed by atoms with E-state index in [9.17, 15) is 0 Å². The van der Waals surface area contributed by atoms with Gasteiger partial charge in [-0.15, -0.1) is 0 Å². The van der Waals surface area contributed by atoms with Crippen molar-refractivity contribution in [2.45, 2.75) is 12.8 Å². The number of benzene rings is 2. The van der Waals surface area contributed by atoms with Gasteiger partial charge in [0.15, 0.2) is 0 Å². The number of methoxy groups -OCH3 is 1. The van der Waals surface area contributed by atoms with Gasteiger partial charge in [-0.2, -0.15) is 5.10 Å². The van der Waals surface area contributed by atoms with Crippen LogP contribution in [0.5, 0.6) is 5.75 Å². The molecule has 3 aromatic rings. The number of hydrogen-bond donors (Lipinski definition) is 0. The zero-order valence-electron chi connectivity index (χ0n) is 11.9. The second-order valence-electron chi connectivity index (χ2n) is 5.37. The summed E-state index contributed by atoms with van der Waals surface area (Å²) in [5.41, 5.74) is 6.17. The number of fused-ring (bicyclic) bond motifs is 3. The van der Waals surface area contributed by atoms with Gasteiger partial charge >= 0.3 is 0 Å². The van der Waals surface area contributed by atoms with E-state index in [1.807, 2.05) is 12.1 Å². The van der Waals surface area contributed by atoms with Crippen molar-refractivity contribution in [2.75, 3.05) is 7.11 Å². The molecular formula is C18H16N2O. The fraction of sp³-hybridized carbons (Fsp3) is 0.167. The van der Waals surface area contributed by atoms with E-state index in [-0.39, 0.29) is 0 Å². The van der Waals surface area contributed by atoms with Crippen LogP contribution in [0, 0.1) is 0 Å². The summed E-state index contributed by atoms with van der Waals surface area (Å²) in [7, 11) is 1.70. The Labute approximate surface area is 123 Å². The molecule has 2 heterocycles. The van der Waals surface area contributed by atoms with Crippen molar-refractivity contribution in [1.29, 1.82) is 0 Å². The van der Waals surface area contributed by atoms with Gasteiger partial charge in [0, 0.05) is 18.5 Å². The van der Waals surface area contributed by atoms with Crippen molar-refractivity contribution in [3.05, 3.63) is 77.1 Å². The van der Waals surface area contributed by atoms with Crippen LogP contribution in [0.1, 0.15) is 22.5 Å². The van der Waals surface area contributed by atoms with E-state index in [4.69, 9.17) is 9.84 Å². The first-order valence-electron chi connectivity index (χ1n) is 7.12. The van der Waals surface area contributed by atoms with Crippen LogP contribution in [0.15, 0.2) is 54.6 Å². The van der Waals surface area contributed by atoms with Crippen LogP contribution in [0.25, 0.3) is 5.69 Å². The Morgan fingerprint density at radius 1 is 1.10 bits per heavy atom. The van der Waals surface area contributed by atoms with E-state index in [2.05, 4.69) is 47.1 Å². The van der Waals surface area contributed by atoms with Gasteiger partial charge in [-0.05, 0) is 35.4 Å². The molecule has 0 bridgehead atoms. The molecule has 3 nitrogen and oxygen atoms in total. The first-order chi connectivity index (χ1) is 10.3. The van der Waals surface area contributed by atoms with E-state index in [0.717, 1.165) is 24.3 Å². The molecule has 21 heavy (non-hydrogen) atoms. The summed E-state index contributed by atoms with van der Waals surface area (Å²) in [5.74, 6) is 0.893. The van der Waals surface area contributed by atoms with Gasteiger partial charge in [0.05, 0.1) is 18.5 Å². The predicted octanol–water partition coefficient (Wildman–Crippen LogP) is 3.38. The Kier molecular flexibility index (Phi) is 2.78. The summed E-state index contributed by atoms with van der Waals surface area (Å²) >= 11 is 0. The van der Waals surface area contributed by atoms with Crippen molar-refractivity contribution in [3.8, 4) is 11.4 Å². The quantitative estimate of drug-likeness (QED) is 0.573. The Hall–Kier alpha value is -2.55. The lowest BCUT2D eigenvalue weighted by atomic mass is 10.1. The highest BCUT2D eigenvalue weighted by Crippen LogP contribution is 2.28. The average Bonchev–Trinajstić information content (AvgIpc) is 3.04. The maximum absolute atomic E-state index is 5.27. The fourth-order valence-electron chi connectivity index (χ4n) is 2.95. The van der Waals surface area contributed by atoms with Crippen LogP contribution in [0.4, 0.5) is 0 Å². The minimum Gasteiger partial charge on any atom is -0.497 e. The second-order valence-corrected chi connectivity index (χ2v) is 5.37. The molecule has 0 radical (unpaired) electrons. The van der Waals surface area contributed by atoms with E-state index >= 15 is 0 Å². The van der Waals surface area contributed by atoms with Gasteiger partial charge in [-0.3, -0.25) is 0 Å². The molecule has 4 rings (SSSR count). The molecule has 0 unspecified atom stereocenters. The molecule has 0 spiro atoms. The molecular weight excluding hydrogens is 260 g/mol. The summed E-state index contributed by atoms with van der Waals surface area (Å²) < 4.78 is 7.35. The van der Waals surface area contributed by atoms with Crippen LogP contribution in [0.2, 0.25) is 0 Å². The first kappa shape index (κ1) is 12.2. The third-order valence-electron chi connectivity index (χ3n) is 3.94.